The number of nitrogens with zero attached hydrogens (tertiary/aromatic N) is 2. The van der Waals surface area contributed by atoms with Crippen molar-refractivity contribution >= 4 is 60.7 Å². The summed E-state index contributed by atoms with van der Waals surface area (Å²) < 4.78 is 2.00. The van der Waals surface area contributed by atoms with Gasteiger partial charge in [0, 0.05) is 9.26 Å². The molecular weight excluding hydrogens is 377 g/mol. The molecular formula is C8H5BrIN3S. The lowest BCUT2D eigenvalue weighted by Crippen LogP contribution is -1.88. The van der Waals surface area contributed by atoms with Crippen molar-refractivity contribution in [1.29, 1.82) is 0 Å². The van der Waals surface area contributed by atoms with E-state index in [1.807, 2.05) is 24.3 Å². The Kier molecular flexibility index (Phi) is 3.34. The normalized spacial score (nSPS) is 10.1. The highest BCUT2D eigenvalue weighted by Crippen LogP contribution is 2.24. The van der Waals surface area contributed by atoms with E-state index in [0.29, 0.717) is 0 Å². The summed E-state index contributed by atoms with van der Waals surface area (Å²) in [5, 5.41) is 11.7. The van der Waals surface area contributed by atoms with Crippen molar-refractivity contribution in [3.05, 3.63) is 31.8 Å². The molecule has 0 saturated heterocycles. The molecule has 3 nitrogen and oxygen atoms in total. The number of benzene rings is 1. The lowest BCUT2D eigenvalue weighted by molar-refractivity contribution is 1.07. The highest BCUT2D eigenvalue weighted by molar-refractivity contribution is 14.1. The second kappa shape index (κ2) is 4.54. The Bertz CT molecular complexity index is 428. The summed E-state index contributed by atoms with van der Waals surface area (Å²) in [5.74, 6) is 0. The largest absolute Gasteiger partial charge is 0.330 e. The number of hydrogen-bond acceptors (Lipinski definition) is 4. The van der Waals surface area contributed by atoms with Crippen LogP contribution in [0.25, 0.3) is 0 Å². The van der Waals surface area contributed by atoms with Gasteiger partial charge < -0.3 is 5.32 Å². The van der Waals surface area contributed by atoms with Crippen molar-refractivity contribution < 1.29 is 0 Å². The first kappa shape index (κ1) is 10.3. The molecule has 14 heavy (non-hydrogen) atoms. The van der Waals surface area contributed by atoms with E-state index in [0.717, 1.165) is 14.7 Å². The molecule has 0 fully saturated rings. The standard InChI is InChI=1S/C8H5BrIN3S/c9-7-12-13-8(14-7)11-6-3-1-5(10)2-4-6/h1-4H,(H,11,13). The maximum absolute atomic E-state index is 3.94. The zero-order valence-corrected chi connectivity index (χ0v) is 11.4. The van der Waals surface area contributed by atoms with Gasteiger partial charge in [0.2, 0.25) is 5.13 Å². The van der Waals surface area contributed by atoms with Crippen LogP contribution in [0.2, 0.25) is 0 Å². The van der Waals surface area contributed by atoms with Gasteiger partial charge in [-0.3, -0.25) is 0 Å². The SMILES string of the molecule is Brc1nnc(Nc2ccc(I)cc2)s1. The minimum atomic E-state index is 0.783. The highest BCUT2D eigenvalue weighted by Gasteiger charge is 2.00. The Morgan fingerprint density at radius 3 is 2.50 bits per heavy atom. The van der Waals surface area contributed by atoms with Crippen LogP contribution in [0, 0.1) is 3.57 Å². The lowest BCUT2D eigenvalue weighted by atomic mass is 10.3. The van der Waals surface area contributed by atoms with Crippen LogP contribution < -0.4 is 5.32 Å². The van der Waals surface area contributed by atoms with Crippen LogP contribution in [0.1, 0.15) is 0 Å². The second-order valence-electron chi connectivity index (χ2n) is 2.49. The third kappa shape index (κ3) is 2.64. The van der Waals surface area contributed by atoms with Gasteiger partial charge in [0.25, 0.3) is 0 Å². The minimum absolute atomic E-state index is 0.783. The molecule has 72 valence electrons. The summed E-state index contributed by atoms with van der Waals surface area (Å²) in [6.45, 7) is 0. The van der Waals surface area contributed by atoms with Crippen molar-refractivity contribution in [3.8, 4) is 0 Å². The van der Waals surface area contributed by atoms with E-state index in [4.69, 9.17) is 0 Å². The fourth-order valence-electron chi connectivity index (χ4n) is 0.913. The van der Waals surface area contributed by atoms with Crippen LogP contribution in [-0.4, -0.2) is 10.2 Å². The Hall–Kier alpha value is -0.210. The molecule has 0 unspecified atom stereocenters. The van der Waals surface area contributed by atoms with Gasteiger partial charge in [-0.25, -0.2) is 0 Å². The molecule has 0 spiro atoms. The number of aromatic nitrogens is 2. The van der Waals surface area contributed by atoms with Gasteiger partial charge in [-0.1, -0.05) is 11.3 Å². The molecule has 2 rings (SSSR count). The summed E-state index contributed by atoms with van der Waals surface area (Å²) in [5.41, 5.74) is 1.02. The number of halogens is 2. The smallest absolute Gasteiger partial charge is 0.210 e. The first-order valence-electron chi connectivity index (χ1n) is 3.75. The van der Waals surface area contributed by atoms with Gasteiger partial charge in [0.15, 0.2) is 3.92 Å². The molecule has 1 aromatic carbocycles. The predicted molar refractivity (Wildman–Crippen MR) is 70.1 cm³/mol. The maximum Gasteiger partial charge on any atom is 0.210 e. The average Bonchev–Trinajstić information content (AvgIpc) is 2.56. The Labute approximate surface area is 107 Å². The molecule has 6 heteroatoms. The number of anilines is 2. The molecule has 0 radical (unpaired) electrons. The van der Waals surface area contributed by atoms with Gasteiger partial charge in [-0.15, -0.1) is 10.2 Å². The fraction of sp³-hybridized carbons (Fsp3) is 0. The zero-order valence-electron chi connectivity index (χ0n) is 6.87. The quantitative estimate of drug-likeness (QED) is 0.807. The summed E-state index contributed by atoms with van der Waals surface area (Å²) in [6, 6.07) is 8.10. The topological polar surface area (TPSA) is 37.8 Å². The van der Waals surface area contributed by atoms with E-state index in [1.165, 1.54) is 14.9 Å². The Morgan fingerprint density at radius 1 is 1.21 bits per heavy atom. The summed E-state index contributed by atoms with van der Waals surface area (Å²) in [4.78, 5) is 0. The van der Waals surface area contributed by atoms with Crippen LogP contribution >= 0.6 is 49.9 Å². The molecule has 0 aliphatic rings. The van der Waals surface area contributed by atoms with E-state index in [2.05, 4.69) is 54.0 Å². The van der Waals surface area contributed by atoms with Gasteiger partial charge in [-0.2, -0.15) is 0 Å². The van der Waals surface area contributed by atoms with E-state index in [1.54, 1.807) is 0 Å². The van der Waals surface area contributed by atoms with Gasteiger partial charge in [0.05, 0.1) is 0 Å². The van der Waals surface area contributed by atoms with Crippen molar-refractivity contribution in [2.24, 2.45) is 0 Å². The first-order valence-corrected chi connectivity index (χ1v) is 6.44. The first-order chi connectivity index (χ1) is 6.74. The molecule has 2 aromatic rings. The van der Waals surface area contributed by atoms with E-state index in [9.17, 15) is 0 Å². The lowest BCUT2D eigenvalue weighted by Gasteiger charge is -2.00. The molecule has 0 bridgehead atoms. The van der Waals surface area contributed by atoms with Crippen LogP contribution in [-0.2, 0) is 0 Å². The molecule has 0 atom stereocenters. The third-order valence-corrected chi connectivity index (χ3v) is 3.49. The molecule has 1 heterocycles. The number of hydrogen-bond donors (Lipinski definition) is 1. The van der Waals surface area contributed by atoms with Crippen molar-refractivity contribution in [1.82, 2.24) is 10.2 Å². The van der Waals surface area contributed by atoms with E-state index < -0.39 is 0 Å². The predicted octanol–water partition coefficient (Wildman–Crippen LogP) is 3.65. The molecule has 1 aromatic heterocycles. The van der Waals surface area contributed by atoms with Crippen molar-refractivity contribution in [2.75, 3.05) is 5.32 Å². The van der Waals surface area contributed by atoms with Gasteiger partial charge >= 0.3 is 0 Å². The number of nitrogens with one attached hydrogen (secondary N) is 1. The summed E-state index contributed by atoms with van der Waals surface area (Å²) >= 11 is 7.00. The van der Waals surface area contributed by atoms with Crippen LogP contribution in [0.5, 0.6) is 0 Å². The number of rotatable bonds is 2. The van der Waals surface area contributed by atoms with Crippen molar-refractivity contribution in [3.63, 3.8) is 0 Å². The Balaban J connectivity index is 2.15. The minimum Gasteiger partial charge on any atom is -0.330 e. The summed E-state index contributed by atoms with van der Waals surface area (Å²) in [7, 11) is 0. The Morgan fingerprint density at radius 2 is 1.93 bits per heavy atom. The van der Waals surface area contributed by atoms with Crippen LogP contribution in [0.3, 0.4) is 0 Å². The second-order valence-corrected chi connectivity index (χ2v) is 5.99. The molecule has 0 aliphatic carbocycles. The molecule has 1 N–H and O–H groups in total. The average molecular weight is 382 g/mol. The van der Waals surface area contributed by atoms with Gasteiger partial charge in [0.1, 0.15) is 0 Å². The monoisotopic (exact) mass is 381 g/mol. The highest BCUT2D eigenvalue weighted by atomic mass is 127. The molecule has 0 aliphatic heterocycles. The third-order valence-electron chi connectivity index (χ3n) is 1.50. The maximum atomic E-state index is 3.94. The fourth-order valence-corrected chi connectivity index (χ4v) is 2.30. The zero-order chi connectivity index (χ0) is 9.97. The van der Waals surface area contributed by atoms with E-state index in [-0.39, 0.29) is 0 Å². The van der Waals surface area contributed by atoms with Crippen LogP contribution in [0.15, 0.2) is 28.2 Å². The summed E-state index contributed by atoms with van der Waals surface area (Å²) in [6.07, 6.45) is 0. The van der Waals surface area contributed by atoms with E-state index >= 15 is 0 Å². The van der Waals surface area contributed by atoms with Crippen molar-refractivity contribution in [2.45, 2.75) is 0 Å². The van der Waals surface area contributed by atoms with Crippen LogP contribution in [0.4, 0.5) is 10.8 Å². The molecule has 0 amide bonds. The molecule has 0 saturated carbocycles. The van der Waals surface area contributed by atoms with Gasteiger partial charge in [-0.05, 0) is 62.8 Å².